The maximum absolute atomic E-state index is 12.6. The van der Waals surface area contributed by atoms with Gasteiger partial charge in [-0.1, -0.05) is 6.42 Å². The Hall–Kier alpha value is -1.56. The zero-order valence-corrected chi connectivity index (χ0v) is 14.9. The Morgan fingerprint density at radius 1 is 1.08 bits per heavy atom. The first-order chi connectivity index (χ1) is 11.8. The van der Waals surface area contributed by atoms with E-state index in [0.29, 0.717) is 18.3 Å². The number of amides is 1. The SMILES string of the molecule is Cn1c(C(=O)N2CCCCC2)cnc1OCCCN1CCCCC1. The van der Waals surface area contributed by atoms with Crippen molar-refractivity contribution in [2.75, 3.05) is 39.3 Å². The quantitative estimate of drug-likeness (QED) is 0.749. The molecular formula is C18H30N4O2. The van der Waals surface area contributed by atoms with Gasteiger partial charge in [-0.15, -0.1) is 0 Å². The predicted octanol–water partition coefficient (Wildman–Crippen LogP) is 2.30. The largest absolute Gasteiger partial charge is 0.465 e. The van der Waals surface area contributed by atoms with E-state index < -0.39 is 0 Å². The number of carbonyl (C=O) groups is 1. The summed E-state index contributed by atoms with van der Waals surface area (Å²) in [6.45, 7) is 5.89. The van der Waals surface area contributed by atoms with Gasteiger partial charge in [0.05, 0.1) is 12.8 Å². The van der Waals surface area contributed by atoms with Crippen molar-refractivity contribution < 1.29 is 9.53 Å². The number of ether oxygens (including phenoxy) is 1. The minimum Gasteiger partial charge on any atom is -0.465 e. The first-order valence-electron chi connectivity index (χ1n) is 9.42. The van der Waals surface area contributed by atoms with E-state index in [1.807, 2.05) is 11.9 Å². The summed E-state index contributed by atoms with van der Waals surface area (Å²) in [4.78, 5) is 21.3. The summed E-state index contributed by atoms with van der Waals surface area (Å²) >= 11 is 0. The molecule has 0 bridgehead atoms. The van der Waals surface area contributed by atoms with Crippen LogP contribution in [0.5, 0.6) is 6.01 Å². The lowest BCUT2D eigenvalue weighted by Crippen LogP contribution is -2.36. The molecule has 0 spiro atoms. The number of piperidine rings is 2. The van der Waals surface area contributed by atoms with Crippen molar-refractivity contribution >= 4 is 5.91 Å². The second-order valence-electron chi connectivity index (χ2n) is 6.94. The molecule has 3 heterocycles. The number of nitrogens with zero attached hydrogens (tertiary/aromatic N) is 4. The zero-order valence-electron chi connectivity index (χ0n) is 14.9. The van der Waals surface area contributed by atoms with Crippen molar-refractivity contribution in [2.24, 2.45) is 7.05 Å². The predicted molar refractivity (Wildman–Crippen MR) is 93.4 cm³/mol. The highest BCUT2D eigenvalue weighted by Crippen LogP contribution is 2.17. The molecule has 3 rings (SSSR count). The van der Waals surface area contributed by atoms with Crippen LogP contribution in [-0.2, 0) is 7.05 Å². The number of carbonyl (C=O) groups excluding carboxylic acids is 1. The molecule has 1 aromatic rings. The van der Waals surface area contributed by atoms with Crippen LogP contribution < -0.4 is 4.74 Å². The molecule has 1 amide bonds. The molecule has 0 unspecified atom stereocenters. The lowest BCUT2D eigenvalue weighted by Gasteiger charge is -2.26. The summed E-state index contributed by atoms with van der Waals surface area (Å²) < 4.78 is 7.59. The highest BCUT2D eigenvalue weighted by atomic mass is 16.5. The van der Waals surface area contributed by atoms with E-state index in [0.717, 1.165) is 38.9 Å². The molecule has 2 fully saturated rings. The minimum atomic E-state index is 0.0767. The Bertz CT molecular complexity index is 531. The monoisotopic (exact) mass is 334 g/mol. The second kappa shape index (κ2) is 8.51. The Morgan fingerprint density at radius 3 is 2.46 bits per heavy atom. The van der Waals surface area contributed by atoms with Gasteiger partial charge in [0.25, 0.3) is 11.9 Å². The number of hydrogen-bond acceptors (Lipinski definition) is 4. The first-order valence-corrected chi connectivity index (χ1v) is 9.42. The van der Waals surface area contributed by atoms with E-state index in [-0.39, 0.29) is 5.91 Å². The highest BCUT2D eigenvalue weighted by Gasteiger charge is 2.22. The van der Waals surface area contributed by atoms with Gasteiger partial charge in [0.15, 0.2) is 0 Å². The van der Waals surface area contributed by atoms with Gasteiger partial charge < -0.3 is 14.5 Å². The van der Waals surface area contributed by atoms with Crippen LogP contribution in [0.2, 0.25) is 0 Å². The summed E-state index contributed by atoms with van der Waals surface area (Å²) in [6.07, 6.45) is 10.1. The van der Waals surface area contributed by atoms with E-state index in [4.69, 9.17) is 4.74 Å². The fourth-order valence-electron chi connectivity index (χ4n) is 3.62. The van der Waals surface area contributed by atoms with Gasteiger partial charge in [0.1, 0.15) is 5.69 Å². The Labute approximate surface area is 144 Å². The summed E-state index contributed by atoms with van der Waals surface area (Å²) in [7, 11) is 1.87. The molecule has 134 valence electrons. The van der Waals surface area contributed by atoms with Crippen LogP contribution in [0.1, 0.15) is 55.4 Å². The summed E-state index contributed by atoms with van der Waals surface area (Å²) in [5.74, 6) is 0.0767. The topological polar surface area (TPSA) is 50.6 Å². The fourth-order valence-corrected chi connectivity index (χ4v) is 3.62. The maximum Gasteiger partial charge on any atom is 0.296 e. The lowest BCUT2D eigenvalue weighted by atomic mass is 10.1. The van der Waals surface area contributed by atoms with Crippen molar-refractivity contribution in [3.05, 3.63) is 11.9 Å². The molecule has 0 aromatic carbocycles. The van der Waals surface area contributed by atoms with Crippen LogP contribution in [0.15, 0.2) is 6.20 Å². The molecule has 24 heavy (non-hydrogen) atoms. The molecule has 1 aromatic heterocycles. The van der Waals surface area contributed by atoms with E-state index in [1.165, 1.54) is 38.8 Å². The molecule has 2 saturated heterocycles. The van der Waals surface area contributed by atoms with Gasteiger partial charge in [-0.05, 0) is 51.6 Å². The number of hydrogen-bond donors (Lipinski definition) is 0. The van der Waals surface area contributed by atoms with Crippen LogP contribution >= 0.6 is 0 Å². The number of imidazole rings is 1. The van der Waals surface area contributed by atoms with E-state index >= 15 is 0 Å². The van der Waals surface area contributed by atoms with E-state index in [1.54, 1.807) is 10.8 Å². The van der Waals surface area contributed by atoms with Crippen LogP contribution in [0, 0.1) is 0 Å². The molecule has 2 aliphatic heterocycles. The normalized spacial score (nSPS) is 19.5. The van der Waals surface area contributed by atoms with Gasteiger partial charge in [-0.25, -0.2) is 4.98 Å². The third kappa shape index (κ3) is 4.29. The van der Waals surface area contributed by atoms with Gasteiger partial charge >= 0.3 is 0 Å². The molecule has 0 saturated carbocycles. The lowest BCUT2D eigenvalue weighted by molar-refractivity contribution is 0.0713. The van der Waals surface area contributed by atoms with Crippen molar-refractivity contribution in [1.29, 1.82) is 0 Å². The van der Waals surface area contributed by atoms with Crippen LogP contribution in [0.3, 0.4) is 0 Å². The third-order valence-corrected chi connectivity index (χ3v) is 5.11. The number of aromatic nitrogens is 2. The minimum absolute atomic E-state index is 0.0767. The van der Waals surface area contributed by atoms with Gasteiger partial charge in [-0.3, -0.25) is 9.36 Å². The molecule has 0 atom stereocenters. The molecule has 6 nitrogen and oxygen atoms in total. The van der Waals surface area contributed by atoms with Crippen LogP contribution in [-0.4, -0.2) is 64.6 Å². The fraction of sp³-hybridized carbons (Fsp3) is 0.778. The van der Waals surface area contributed by atoms with E-state index in [9.17, 15) is 4.79 Å². The molecule has 6 heteroatoms. The summed E-state index contributed by atoms with van der Waals surface area (Å²) in [6, 6.07) is 0.550. The third-order valence-electron chi connectivity index (χ3n) is 5.11. The average molecular weight is 334 g/mol. The van der Waals surface area contributed by atoms with Crippen molar-refractivity contribution in [1.82, 2.24) is 19.4 Å². The number of likely N-dealkylation sites (tertiary alicyclic amines) is 2. The molecule has 0 radical (unpaired) electrons. The maximum atomic E-state index is 12.6. The summed E-state index contributed by atoms with van der Waals surface area (Å²) in [5.41, 5.74) is 0.628. The Balaban J connectivity index is 1.46. The molecule has 2 aliphatic rings. The Kier molecular flexibility index (Phi) is 6.12. The number of rotatable bonds is 6. The molecule has 0 N–H and O–H groups in total. The first kappa shape index (κ1) is 17.3. The van der Waals surface area contributed by atoms with Gasteiger partial charge in [-0.2, -0.15) is 0 Å². The van der Waals surface area contributed by atoms with Crippen LogP contribution in [0.4, 0.5) is 0 Å². The van der Waals surface area contributed by atoms with Gasteiger partial charge in [0.2, 0.25) is 0 Å². The van der Waals surface area contributed by atoms with Crippen molar-refractivity contribution in [3.8, 4) is 6.01 Å². The smallest absolute Gasteiger partial charge is 0.296 e. The van der Waals surface area contributed by atoms with Crippen LogP contribution in [0.25, 0.3) is 0 Å². The summed E-state index contributed by atoms with van der Waals surface area (Å²) in [5, 5.41) is 0. The van der Waals surface area contributed by atoms with Crippen molar-refractivity contribution in [2.45, 2.75) is 44.9 Å². The molecular weight excluding hydrogens is 304 g/mol. The highest BCUT2D eigenvalue weighted by molar-refractivity contribution is 5.92. The van der Waals surface area contributed by atoms with Gasteiger partial charge in [0, 0.05) is 26.7 Å². The zero-order chi connectivity index (χ0) is 16.8. The Morgan fingerprint density at radius 2 is 1.75 bits per heavy atom. The average Bonchev–Trinajstić information content (AvgIpc) is 3.00. The van der Waals surface area contributed by atoms with Crippen molar-refractivity contribution in [3.63, 3.8) is 0 Å². The standard InChI is InChI=1S/C18H30N4O2/c1-20-16(17(23)22-12-6-3-7-13-22)15-19-18(20)24-14-8-11-21-9-4-2-5-10-21/h15H,2-14H2,1H3. The van der Waals surface area contributed by atoms with E-state index in [2.05, 4.69) is 9.88 Å². The molecule has 0 aliphatic carbocycles. The second-order valence-corrected chi connectivity index (χ2v) is 6.94.